The van der Waals surface area contributed by atoms with E-state index in [-0.39, 0.29) is 11.9 Å². The number of benzene rings is 1. The van der Waals surface area contributed by atoms with Crippen LogP contribution in [0.2, 0.25) is 5.02 Å². The smallest absolute Gasteiger partial charge is 0.129 e. The summed E-state index contributed by atoms with van der Waals surface area (Å²) in [5, 5.41) is 3.97. The van der Waals surface area contributed by atoms with Gasteiger partial charge in [0.1, 0.15) is 5.82 Å². The van der Waals surface area contributed by atoms with Crippen LogP contribution in [0.1, 0.15) is 63.5 Å². The van der Waals surface area contributed by atoms with Crippen LogP contribution in [-0.2, 0) is 0 Å². The van der Waals surface area contributed by atoms with Crippen LogP contribution >= 0.6 is 11.6 Å². The molecule has 0 saturated carbocycles. The lowest BCUT2D eigenvalue weighted by atomic mass is 9.90. The van der Waals surface area contributed by atoms with Crippen molar-refractivity contribution in [2.24, 2.45) is 0 Å². The van der Waals surface area contributed by atoms with Gasteiger partial charge in [0.15, 0.2) is 0 Å². The normalized spacial score (nSPS) is 20.2. The van der Waals surface area contributed by atoms with Crippen LogP contribution in [0.15, 0.2) is 29.8 Å². The van der Waals surface area contributed by atoms with Gasteiger partial charge in [-0.3, -0.25) is 0 Å². The maximum atomic E-state index is 14.3. The first-order valence-corrected chi connectivity index (χ1v) is 8.47. The Morgan fingerprint density at radius 1 is 1.24 bits per heavy atom. The minimum atomic E-state index is -0.209. The van der Waals surface area contributed by atoms with E-state index in [1.165, 1.54) is 37.3 Å². The highest BCUT2D eigenvalue weighted by Gasteiger charge is 2.20. The molecular weight excluding hydrogens is 285 g/mol. The third kappa shape index (κ3) is 4.82. The highest BCUT2D eigenvalue weighted by Crippen LogP contribution is 2.31. The summed E-state index contributed by atoms with van der Waals surface area (Å²) in [5.41, 5.74) is 2.06. The van der Waals surface area contributed by atoms with E-state index >= 15 is 0 Å². The number of hydrogen-bond acceptors (Lipinski definition) is 1. The largest absolute Gasteiger partial charge is 0.306 e. The molecular formula is C18H25ClFN. The Morgan fingerprint density at radius 3 is 2.81 bits per heavy atom. The van der Waals surface area contributed by atoms with Crippen LogP contribution in [0.3, 0.4) is 0 Å². The fraction of sp³-hybridized carbons (Fsp3) is 0.556. The molecule has 1 aromatic carbocycles. The van der Waals surface area contributed by atoms with Crippen molar-refractivity contribution in [1.82, 2.24) is 5.32 Å². The molecule has 0 bridgehead atoms. The topological polar surface area (TPSA) is 12.0 Å². The maximum absolute atomic E-state index is 14.3. The molecule has 0 fully saturated rings. The van der Waals surface area contributed by atoms with E-state index in [1.807, 2.05) is 6.07 Å². The summed E-state index contributed by atoms with van der Waals surface area (Å²) in [6.07, 6.45) is 10.6. The van der Waals surface area contributed by atoms with Gasteiger partial charge in [-0.25, -0.2) is 4.39 Å². The van der Waals surface area contributed by atoms with E-state index in [4.69, 9.17) is 11.6 Å². The lowest BCUT2D eigenvalue weighted by molar-refractivity contribution is 0.514. The average Bonchev–Trinajstić information content (AvgIpc) is 2.42. The van der Waals surface area contributed by atoms with Gasteiger partial charge in [-0.2, -0.15) is 0 Å². The van der Waals surface area contributed by atoms with Crippen molar-refractivity contribution in [2.45, 2.75) is 57.9 Å². The first kappa shape index (κ1) is 16.5. The predicted molar refractivity (Wildman–Crippen MR) is 88.2 cm³/mol. The van der Waals surface area contributed by atoms with Gasteiger partial charge in [0.2, 0.25) is 0 Å². The Balaban J connectivity index is 2.27. The number of nitrogens with one attached hydrogen (secondary N) is 1. The van der Waals surface area contributed by atoms with Crippen LogP contribution in [0.4, 0.5) is 4.39 Å². The molecule has 0 heterocycles. The van der Waals surface area contributed by atoms with E-state index in [0.29, 0.717) is 5.02 Å². The summed E-state index contributed by atoms with van der Waals surface area (Å²) in [5.74, 6) is -0.209. The fourth-order valence-electron chi connectivity index (χ4n) is 2.94. The predicted octanol–water partition coefficient (Wildman–Crippen LogP) is 5.80. The van der Waals surface area contributed by atoms with Crippen LogP contribution < -0.4 is 5.32 Å². The van der Waals surface area contributed by atoms with Crippen LogP contribution in [0.5, 0.6) is 0 Å². The number of halogens is 2. The molecule has 3 heteroatoms. The van der Waals surface area contributed by atoms with Crippen molar-refractivity contribution < 1.29 is 4.39 Å². The van der Waals surface area contributed by atoms with Crippen molar-refractivity contribution >= 4 is 11.6 Å². The van der Waals surface area contributed by atoms with Gasteiger partial charge in [0.25, 0.3) is 0 Å². The van der Waals surface area contributed by atoms with E-state index in [1.54, 1.807) is 6.07 Å². The van der Waals surface area contributed by atoms with E-state index in [2.05, 4.69) is 18.3 Å². The van der Waals surface area contributed by atoms with Crippen molar-refractivity contribution in [2.75, 3.05) is 6.54 Å². The zero-order valence-corrected chi connectivity index (χ0v) is 13.6. The Labute approximate surface area is 132 Å². The highest BCUT2D eigenvalue weighted by molar-refractivity contribution is 6.30. The molecule has 1 nitrogen and oxygen atoms in total. The molecule has 21 heavy (non-hydrogen) atoms. The standard InChI is InChI=1S/C18H25ClFN/c1-2-12-21-18(14-8-6-4-3-5-7-9-14)16-11-10-15(19)13-17(16)20/h8,10-11,13,18,21H,2-7,9,12H2,1H3/b14-8+. The summed E-state index contributed by atoms with van der Waals surface area (Å²) in [6.45, 7) is 3.03. The third-order valence-electron chi connectivity index (χ3n) is 4.07. The molecule has 1 N–H and O–H groups in total. The maximum Gasteiger partial charge on any atom is 0.129 e. The van der Waals surface area contributed by atoms with E-state index in [0.717, 1.165) is 31.4 Å². The summed E-state index contributed by atoms with van der Waals surface area (Å²) >= 11 is 5.88. The Bertz CT molecular complexity index is 484. The zero-order valence-electron chi connectivity index (χ0n) is 12.8. The number of allylic oxidation sites excluding steroid dienone is 1. The first-order chi connectivity index (χ1) is 10.2. The van der Waals surface area contributed by atoms with Crippen LogP contribution in [0, 0.1) is 5.82 Å². The Kier molecular flexibility index (Phi) is 6.72. The van der Waals surface area contributed by atoms with Crippen molar-refractivity contribution in [3.8, 4) is 0 Å². The molecule has 1 aliphatic rings. The molecule has 0 aliphatic heterocycles. The minimum Gasteiger partial charge on any atom is -0.306 e. The minimum absolute atomic E-state index is 0.0136. The SMILES string of the molecule is CCCNC(/C1=C/CCCCCC1)c1ccc(Cl)cc1F. The van der Waals surface area contributed by atoms with Gasteiger partial charge in [0.05, 0.1) is 6.04 Å². The molecule has 2 rings (SSSR count). The van der Waals surface area contributed by atoms with Crippen molar-refractivity contribution in [1.29, 1.82) is 0 Å². The van der Waals surface area contributed by atoms with E-state index in [9.17, 15) is 4.39 Å². The lowest BCUT2D eigenvalue weighted by Gasteiger charge is -2.24. The van der Waals surface area contributed by atoms with Gasteiger partial charge in [-0.15, -0.1) is 0 Å². The van der Waals surface area contributed by atoms with Crippen molar-refractivity contribution in [3.63, 3.8) is 0 Å². The average molecular weight is 310 g/mol. The Hall–Kier alpha value is -0.860. The number of rotatable bonds is 5. The van der Waals surface area contributed by atoms with Crippen LogP contribution in [0.25, 0.3) is 0 Å². The first-order valence-electron chi connectivity index (χ1n) is 8.09. The third-order valence-corrected chi connectivity index (χ3v) is 4.30. The fourth-order valence-corrected chi connectivity index (χ4v) is 3.10. The van der Waals surface area contributed by atoms with Crippen LogP contribution in [-0.4, -0.2) is 6.54 Å². The molecule has 0 saturated heterocycles. The van der Waals surface area contributed by atoms with E-state index < -0.39 is 0 Å². The van der Waals surface area contributed by atoms with Gasteiger partial charge in [-0.05, 0) is 50.8 Å². The number of hydrogen-bond donors (Lipinski definition) is 1. The van der Waals surface area contributed by atoms with Gasteiger partial charge in [0, 0.05) is 10.6 Å². The summed E-state index contributed by atoms with van der Waals surface area (Å²) in [4.78, 5) is 0. The second-order valence-corrected chi connectivity index (χ2v) is 6.22. The molecule has 116 valence electrons. The summed E-state index contributed by atoms with van der Waals surface area (Å²) < 4.78 is 14.3. The quantitative estimate of drug-likeness (QED) is 0.678. The highest BCUT2D eigenvalue weighted by atomic mass is 35.5. The lowest BCUT2D eigenvalue weighted by Crippen LogP contribution is -2.25. The molecule has 1 aliphatic carbocycles. The molecule has 0 radical (unpaired) electrons. The van der Waals surface area contributed by atoms with Gasteiger partial charge >= 0.3 is 0 Å². The molecule has 1 aromatic rings. The molecule has 1 atom stereocenters. The van der Waals surface area contributed by atoms with Gasteiger partial charge in [-0.1, -0.05) is 49.1 Å². The molecule has 1 unspecified atom stereocenters. The molecule has 0 spiro atoms. The second-order valence-electron chi connectivity index (χ2n) is 5.78. The summed E-state index contributed by atoms with van der Waals surface area (Å²) in [7, 11) is 0. The van der Waals surface area contributed by atoms with Crippen molar-refractivity contribution in [3.05, 3.63) is 46.3 Å². The second kappa shape index (κ2) is 8.55. The Morgan fingerprint density at radius 2 is 2.05 bits per heavy atom. The monoisotopic (exact) mass is 309 g/mol. The zero-order chi connectivity index (χ0) is 15.1. The summed E-state index contributed by atoms with van der Waals surface area (Å²) in [6, 6.07) is 5.01. The molecule has 0 amide bonds. The van der Waals surface area contributed by atoms with Gasteiger partial charge < -0.3 is 5.32 Å². The molecule has 0 aromatic heterocycles.